The number of rotatable bonds is 4. The van der Waals surface area contributed by atoms with Gasteiger partial charge in [-0.05, 0) is 36.5 Å². The summed E-state index contributed by atoms with van der Waals surface area (Å²) in [4.78, 5) is 11.9. The zero-order valence-electron chi connectivity index (χ0n) is 10.9. The molecule has 0 bridgehead atoms. The molecule has 1 heterocycles. The van der Waals surface area contributed by atoms with Crippen LogP contribution in [0.3, 0.4) is 0 Å². The average Bonchev–Trinajstić information content (AvgIpc) is 2.92. The molecular formula is C14H16N4O. The topological polar surface area (TPSA) is 59.9 Å². The van der Waals surface area contributed by atoms with Gasteiger partial charge in [-0.1, -0.05) is 6.07 Å². The molecule has 1 aromatic carbocycles. The number of aromatic nitrogens is 3. The van der Waals surface area contributed by atoms with Crippen LogP contribution in [0.1, 0.15) is 23.1 Å². The van der Waals surface area contributed by atoms with Gasteiger partial charge < -0.3 is 10.1 Å². The molecule has 0 amide bonds. The predicted octanol–water partition coefficient (Wildman–Crippen LogP) is 1.98. The number of nitrogens with one attached hydrogen (secondary N) is 1. The van der Waals surface area contributed by atoms with Crippen LogP contribution in [-0.2, 0) is 19.4 Å². The van der Waals surface area contributed by atoms with Gasteiger partial charge in [0.2, 0.25) is 5.95 Å². The van der Waals surface area contributed by atoms with Crippen molar-refractivity contribution >= 4 is 5.95 Å². The van der Waals surface area contributed by atoms with Crippen molar-refractivity contribution in [3.8, 4) is 5.75 Å². The lowest BCUT2D eigenvalue weighted by Gasteiger charge is -2.12. The molecule has 19 heavy (non-hydrogen) atoms. The highest BCUT2D eigenvalue weighted by Gasteiger charge is 2.15. The molecule has 0 atom stereocenters. The first kappa shape index (κ1) is 11.9. The van der Waals surface area contributed by atoms with Crippen molar-refractivity contribution in [2.24, 2.45) is 0 Å². The lowest BCUT2D eigenvalue weighted by molar-refractivity contribution is 0.410. The highest BCUT2D eigenvalue weighted by molar-refractivity contribution is 5.46. The van der Waals surface area contributed by atoms with E-state index in [4.69, 9.17) is 4.74 Å². The van der Waals surface area contributed by atoms with Gasteiger partial charge in [-0.15, -0.1) is 0 Å². The van der Waals surface area contributed by atoms with Crippen LogP contribution in [0.25, 0.3) is 0 Å². The largest absolute Gasteiger partial charge is 0.496 e. The molecule has 0 saturated heterocycles. The normalized spacial score (nSPS) is 13.1. The van der Waals surface area contributed by atoms with E-state index in [9.17, 15) is 0 Å². The zero-order chi connectivity index (χ0) is 13.1. The van der Waals surface area contributed by atoms with Crippen molar-refractivity contribution in [2.75, 3.05) is 12.4 Å². The Bertz CT molecular complexity index is 571. The van der Waals surface area contributed by atoms with Gasteiger partial charge in [0.25, 0.3) is 0 Å². The van der Waals surface area contributed by atoms with Gasteiger partial charge in [0.15, 0.2) is 0 Å². The number of hydrogen-bond donors (Lipinski definition) is 1. The SMILES string of the molecule is COc1cc2c(cc1CNc1ncncn1)CCC2. The number of benzene rings is 1. The van der Waals surface area contributed by atoms with Crippen molar-refractivity contribution in [1.82, 2.24) is 15.0 Å². The van der Waals surface area contributed by atoms with E-state index in [0.29, 0.717) is 12.5 Å². The lowest BCUT2D eigenvalue weighted by atomic mass is 10.1. The third-order valence-electron chi connectivity index (χ3n) is 3.43. The number of aryl methyl sites for hydroxylation is 2. The maximum Gasteiger partial charge on any atom is 0.225 e. The molecule has 0 spiro atoms. The fourth-order valence-electron chi connectivity index (χ4n) is 2.49. The number of hydrogen-bond acceptors (Lipinski definition) is 5. The smallest absolute Gasteiger partial charge is 0.225 e. The van der Waals surface area contributed by atoms with Crippen LogP contribution in [0.4, 0.5) is 5.95 Å². The molecule has 1 aliphatic rings. The third kappa shape index (κ3) is 2.50. The molecule has 5 heteroatoms. The predicted molar refractivity (Wildman–Crippen MR) is 72.2 cm³/mol. The van der Waals surface area contributed by atoms with E-state index in [2.05, 4.69) is 32.4 Å². The Morgan fingerprint density at radius 1 is 1.16 bits per heavy atom. The minimum atomic E-state index is 0.581. The van der Waals surface area contributed by atoms with Gasteiger partial charge in [0, 0.05) is 12.1 Å². The number of ether oxygens (including phenoxy) is 1. The fraction of sp³-hybridized carbons (Fsp3) is 0.357. The van der Waals surface area contributed by atoms with Crippen molar-refractivity contribution in [1.29, 1.82) is 0 Å². The molecule has 0 saturated carbocycles. The molecule has 1 aromatic heterocycles. The van der Waals surface area contributed by atoms with Crippen LogP contribution in [0, 0.1) is 0 Å². The molecule has 5 nitrogen and oxygen atoms in total. The van der Waals surface area contributed by atoms with E-state index in [1.54, 1.807) is 7.11 Å². The first-order chi connectivity index (χ1) is 9.36. The molecule has 0 aliphatic heterocycles. The second-order valence-electron chi connectivity index (χ2n) is 4.60. The number of methoxy groups -OCH3 is 1. The number of anilines is 1. The molecule has 0 radical (unpaired) electrons. The monoisotopic (exact) mass is 256 g/mol. The molecule has 98 valence electrons. The van der Waals surface area contributed by atoms with Crippen molar-refractivity contribution in [3.05, 3.63) is 41.5 Å². The number of nitrogens with zero attached hydrogens (tertiary/aromatic N) is 3. The van der Waals surface area contributed by atoms with Gasteiger partial charge >= 0.3 is 0 Å². The maximum absolute atomic E-state index is 5.47. The molecule has 2 aromatic rings. The van der Waals surface area contributed by atoms with E-state index in [1.165, 1.54) is 30.2 Å². The Kier molecular flexibility index (Phi) is 3.27. The Hall–Kier alpha value is -2.17. The first-order valence-electron chi connectivity index (χ1n) is 6.41. The van der Waals surface area contributed by atoms with Crippen LogP contribution < -0.4 is 10.1 Å². The molecule has 0 fully saturated rings. The molecular weight excluding hydrogens is 240 g/mol. The summed E-state index contributed by atoms with van der Waals surface area (Å²) in [5.41, 5.74) is 4.00. The van der Waals surface area contributed by atoms with E-state index in [0.717, 1.165) is 24.2 Å². The van der Waals surface area contributed by atoms with Crippen LogP contribution in [0.5, 0.6) is 5.75 Å². The minimum absolute atomic E-state index is 0.581. The van der Waals surface area contributed by atoms with E-state index in [-0.39, 0.29) is 0 Å². The quantitative estimate of drug-likeness (QED) is 0.906. The highest BCUT2D eigenvalue weighted by Crippen LogP contribution is 2.30. The van der Waals surface area contributed by atoms with Crippen molar-refractivity contribution in [2.45, 2.75) is 25.8 Å². The van der Waals surface area contributed by atoms with Gasteiger partial charge in [-0.2, -0.15) is 0 Å². The summed E-state index contributed by atoms with van der Waals surface area (Å²) in [5, 5.41) is 3.18. The number of fused-ring (bicyclic) bond motifs is 1. The molecule has 1 N–H and O–H groups in total. The van der Waals surface area contributed by atoms with Crippen LogP contribution in [0.15, 0.2) is 24.8 Å². The van der Waals surface area contributed by atoms with Crippen LogP contribution in [-0.4, -0.2) is 22.1 Å². The van der Waals surface area contributed by atoms with Gasteiger partial charge in [0.05, 0.1) is 7.11 Å². The third-order valence-corrected chi connectivity index (χ3v) is 3.43. The Labute approximate surface area is 112 Å². The summed E-state index contributed by atoms with van der Waals surface area (Å²) in [6.07, 6.45) is 6.53. The van der Waals surface area contributed by atoms with Crippen LogP contribution in [0.2, 0.25) is 0 Å². The Balaban J connectivity index is 1.80. The van der Waals surface area contributed by atoms with Crippen molar-refractivity contribution in [3.63, 3.8) is 0 Å². The van der Waals surface area contributed by atoms with E-state index in [1.807, 2.05) is 0 Å². The second-order valence-corrected chi connectivity index (χ2v) is 4.60. The summed E-state index contributed by atoms with van der Waals surface area (Å²) in [6.45, 7) is 0.653. The Morgan fingerprint density at radius 3 is 2.63 bits per heavy atom. The zero-order valence-corrected chi connectivity index (χ0v) is 10.9. The lowest BCUT2D eigenvalue weighted by Crippen LogP contribution is -2.05. The second kappa shape index (κ2) is 5.22. The average molecular weight is 256 g/mol. The standard InChI is InChI=1S/C14H16N4O/c1-19-13-6-11-4-2-3-10(11)5-12(13)7-16-14-17-8-15-9-18-14/h5-6,8-9H,2-4,7H2,1H3,(H,15,16,17,18). The van der Waals surface area contributed by atoms with Gasteiger partial charge in [0.1, 0.15) is 18.4 Å². The summed E-state index contributed by atoms with van der Waals surface area (Å²) in [5.74, 6) is 1.51. The minimum Gasteiger partial charge on any atom is -0.496 e. The van der Waals surface area contributed by atoms with E-state index >= 15 is 0 Å². The van der Waals surface area contributed by atoms with Gasteiger partial charge in [-0.3, -0.25) is 0 Å². The first-order valence-corrected chi connectivity index (χ1v) is 6.41. The summed E-state index contributed by atoms with van der Waals surface area (Å²) < 4.78 is 5.47. The Morgan fingerprint density at radius 2 is 1.89 bits per heavy atom. The molecule has 0 unspecified atom stereocenters. The van der Waals surface area contributed by atoms with Crippen molar-refractivity contribution < 1.29 is 4.74 Å². The summed E-state index contributed by atoms with van der Waals surface area (Å²) >= 11 is 0. The maximum atomic E-state index is 5.47. The summed E-state index contributed by atoms with van der Waals surface area (Å²) in [6, 6.07) is 4.39. The van der Waals surface area contributed by atoms with Gasteiger partial charge in [-0.25, -0.2) is 15.0 Å². The van der Waals surface area contributed by atoms with Crippen LogP contribution >= 0.6 is 0 Å². The van der Waals surface area contributed by atoms with E-state index < -0.39 is 0 Å². The molecule has 3 rings (SSSR count). The molecule has 1 aliphatic carbocycles. The highest BCUT2D eigenvalue weighted by atomic mass is 16.5. The summed E-state index contributed by atoms with van der Waals surface area (Å²) in [7, 11) is 1.71. The fourth-order valence-corrected chi connectivity index (χ4v) is 2.49.